The van der Waals surface area contributed by atoms with E-state index in [4.69, 9.17) is 21.1 Å². The third-order valence-corrected chi connectivity index (χ3v) is 3.22. The standard InChI is InChI=1S/C15H17ClN2O3/c1-18(7-3-6-14(19)20)9-13-10-21-15(17-13)11-4-2-5-12(16)8-11/h2,4-5,8,10H,3,6-7,9H2,1H3,(H,19,20). The largest absolute Gasteiger partial charge is 0.481 e. The van der Waals surface area contributed by atoms with Gasteiger partial charge in [0, 0.05) is 23.6 Å². The van der Waals surface area contributed by atoms with Gasteiger partial charge in [-0.2, -0.15) is 0 Å². The number of aliphatic carboxylic acids is 1. The molecule has 0 saturated heterocycles. The molecule has 0 atom stereocenters. The zero-order valence-corrected chi connectivity index (χ0v) is 12.5. The number of carbonyl (C=O) groups is 1. The SMILES string of the molecule is CN(CCCC(=O)O)Cc1coc(-c2cccc(Cl)c2)n1. The minimum absolute atomic E-state index is 0.177. The van der Waals surface area contributed by atoms with Crippen LogP contribution in [-0.2, 0) is 11.3 Å². The molecule has 2 rings (SSSR count). The van der Waals surface area contributed by atoms with E-state index in [1.165, 1.54) is 0 Å². The first-order chi connectivity index (χ1) is 10.0. The van der Waals surface area contributed by atoms with Crippen molar-refractivity contribution in [2.75, 3.05) is 13.6 Å². The van der Waals surface area contributed by atoms with Crippen LogP contribution in [0.15, 0.2) is 34.9 Å². The summed E-state index contributed by atoms with van der Waals surface area (Å²) in [7, 11) is 1.93. The summed E-state index contributed by atoms with van der Waals surface area (Å²) in [5.41, 5.74) is 1.64. The Hall–Kier alpha value is -1.85. The Labute approximate surface area is 128 Å². The second-order valence-electron chi connectivity index (χ2n) is 4.89. The highest BCUT2D eigenvalue weighted by Gasteiger charge is 2.09. The van der Waals surface area contributed by atoms with Crippen molar-refractivity contribution in [1.29, 1.82) is 0 Å². The molecule has 112 valence electrons. The average molecular weight is 309 g/mol. The van der Waals surface area contributed by atoms with E-state index in [1.807, 2.05) is 24.1 Å². The van der Waals surface area contributed by atoms with Gasteiger partial charge >= 0.3 is 5.97 Å². The summed E-state index contributed by atoms with van der Waals surface area (Å²) in [6, 6.07) is 7.33. The molecule has 0 unspecified atom stereocenters. The first kappa shape index (κ1) is 15.5. The van der Waals surface area contributed by atoms with Gasteiger partial charge in [-0.15, -0.1) is 0 Å². The first-order valence-electron chi connectivity index (χ1n) is 6.65. The molecule has 0 fully saturated rings. The lowest BCUT2D eigenvalue weighted by Gasteiger charge is -2.13. The minimum Gasteiger partial charge on any atom is -0.481 e. The van der Waals surface area contributed by atoms with Crippen molar-refractivity contribution in [2.45, 2.75) is 19.4 Å². The van der Waals surface area contributed by atoms with E-state index >= 15 is 0 Å². The molecule has 0 bridgehead atoms. The molecule has 0 amide bonds. The smallest absolute Gasteiger partial charge is 0.303 e. The fraction of sp³-hybridized carbons (Fsp3) is 0.333. The van der Waals surface area contributed by atoms with Gasteiger partial charge in [0.2, 0.25) is 5.89 Å². The van der Waals surface area contributed by atoms with Gasteiger partial charge in [0.25, 0.3) is 0 Å². The van der Waals surface area contributed by atoms with Crippen molar-refractivity contribution in [3.8, 4) is 11.5 Å². The van der Waals surface area contributed by atoms with Crippen LogP contribution in [0.3, 0.4) is 0 Å². The van der Waals surface area contributed by atoms with Gasteiger partial charge in [-0.25, -0.2) is 4.98 Å². The molecule has 0 spiro atoms. The topological polar surface area (TPSA) is 66.6 Å². The lowest BCUT2D eigenvalue weighted by Crippen LogP contribution is -2.20. The second-order valence-corrected chi connectivity index (χ2v) is 5.33. The number of hydrogen-bond donors (Lipinski definition) is 1. The van der Waals surface area contributed by atoms with Gasteiger partial charge in [0.1, 0.15) is 6.26 Å². The summed E-state index contributed by atoms with van der Waals surface area (Å²) in [6.07, 6.45) is 2.41. The summed E-state index contributed by atoms with van der Waals surface area (Å²) < 4.78 is 5.46. The van der Waals surface area contributed by atoms with Crippen LogP contribution < -0.4 is 0 Å². The molecule has 0 aliphatic rings. The highest BCUT2D eigenvalue weighted by Crippen LogP contribution is 2.22. The second kappa shape index (κ2) is 7.24. The van der Waals surface area contributed by atoms with Gasteiger partial charge in [-0.05, 0) is 38.2 Å². The van der Waals surface area contributed by atoms with E-state index in [0.717, 1.165) is 11.3 Å². The molecule has 5 nitrogen and oxygen atoms in total. The molecule has 1 heterocycles. The van der Waals surface area contributed by atoms with Crippen LogP contribution in [0.2, 0.25) is 5.02 Å². The van der Waals surface area contributed by atoms with Crippen LogP contribution >= 0.6 is 11.6 Å². The van der Waals surface area contributed by atoms with Crippen LogP contribution in [0.5, 0.6) is 0 Å². The maximum absolute atomic E-state index is 10.5. The normalized spacial score (nSPS) is 11.0. The quantitative estimate of drug-likeness (QED) is 0.850. The van der Waals surface area contributed by atoms with Crippen molar-refractivity contribution in [2.24, 2.45) is 0 Å². The van der Waals surface area contributed by atoms with Crippen molar-refractivity contribution >= 4 is 17.6 Å². The van der Waals surface area contributed by atoms with Crippen molar-refractivity contribution in [3.05, 3.63) is 41.2 Å². The zero-order valence-electron chi connectivity index (χ0n) is 11.8. The van der Waals surface area contributed by atoms with E-state index in [-0.39, 0.29) is 6.42 Å². The van der Waals surface area contributed by atoms with Crippen LogP contribution in [0, 0.1) is 0 Å². The molecule has 21 heavy (non-hydrogen) atoms. The fourth-order valence-electron chi connectivity index (χ4n) is 1.99. The molecule has 0 aliphatic heterocycles. The molecule has 1 N–H and O–H groups in total. The Morgan fingerprint density at radius 1 is 1.48 bits per heavy atom. The van der Waals surface area contributed by atoms with E-state index in [2.05, 4.69) is 4.98 Å². The fourth-order valence-corrected chi connectivity index (χ4v) is 2.18. The predicted octanol–water partition coefficient (Wildman–Crippen LogP) is 3.29. The van der Waals surface area contributed by atoms with Crippen molar-refractivity contribution < 1.29 is 14.3 Å². The Balaban J connectivity index is 1.92. The number of benzene rings is 1. The summed E-state index contributed by atoms with van der Waals surface area (Å²) in [5, 5.41) is 9.25. The minimum atomic E-state index is -0.770. The van der Waals surface area contributed by atoms with Crippen LogP contribution in [0.1, 0.15) is 18.5 Å². The maximum atomic E-state index is 10.5. The summed E-state index contributed by atoms with van der Waals surface area (Å²) >= 11 is 5.94. The Bertz CT molecular complexity index is 612. The van der Waals surface area contributed by atoms with E-state index in [9.17, 15) is 4.79 Å². The van der Waals surface area contributed by atoms with Crippen molar-refractivity contribution in [1.82, 2.24) is 9.88 Å². The van der Waals surface area contributed by atoms with Crippen LogP contribution in [0.25, 0.3) is 11.5 Å². The van der Waals surface area contributed by atoms with Gasteiger partial charge in [0.05, 0.1) is 5.69 Å². The molecule has 0 saturated carbocycles. The molecule has 6 heteroatoms. The van der Waals surface area contributed by atoms with Gasteiger partial charge < -0.3 is 14.4 Å². The molecule has 1 aromatic carbocycles. The number of hydrogen-bond acceptors (Lipinski definition) is 4. The monoisotopic (exact) mass is 308 g/mol. The number of aromatic nitrogens is 1. The highest BCUT2D eigenvalue weighted by atomic mass is 35.5. The third-order valence-electron chi connectivity index (χ3n) is 2.99. The molecule has 1 aromatic heterocycles. The van der Waals surface area contributed by atoms with E-state index in [0.29, 0.717) is 30.4 Å². The Morgan fingerprint density at radius 3 is 3.00 bits per heavy atom. The van der Waals surface area contributed by atoms with E-state index < -0.39 is 5.97 Å². The lowest BCUT2D eigenvalue weighted by atomic mass is 10.2. The number of carboxylic acid groups (broad SMARTS) is 1. The number of carboxylic acids is 1. The molecular formula is C15H17ClN2O3. The summed E-state index contributed by atoms with van der Waals surface area (Å²) in [4.78, 5) is 16.9. The molecule has 2 aromatic rings. The summed E-state index contributed by atoms with van der Waals surface area (Å²) in [6.45, 7) is 1.31. The number of nitrogens with zero attached hydrogens (tertiary/aromatic N) is 2. The maximum Gasteiger partial charge on any atom is 0.303 e. The van der Waals surface area contributed by atoms with Crippen molar-refractivity contribution in [3.63, 3.8) is 0 Å². The van der Waals surface area contributed by atoms with Gasteiger partial charge in [-0.1, -0.05) is 17.7 Å². The number of oxazole rings is 1. The predicted molar refractivity (Wildman–Crippen MR) is 80.2 cm³/mol. The Morgan fingerprint density at radius 2 is 2.29 bits per heavy atom. The zero-order chi connectivity index (χ0) is 15.2. The van der Waals surface area contributed by atoms with Crippen LogP contribution in [0.4, 0.5) is 0 Å². The molecular weight excluding hydrogens is 292 g/mol. The van der Waals surface area contributed by atoms with Gasteiger partial charge in [0.15, 0.2) is 0 Å². The lowest BCUT2D eigenvalue weighted by molar-refractivity contribution is -0.137. The Kier molecular flexibility index (Phi) is 5.36. The molecule has 0 aliphatic carbocycles. The number of halogens is 1. The average Bonchev–Trinajstić information content (AvgIpc) is 2.86. The van der Waals surface area contributed by atoms with Crippen LogP contribution in [-0.4, -0.2) is 34.6 Å². The van der Waals surface area contributed by atoms with E-state index in [1.54, 1.807) is 18.4 Å². The van der Waals surface area contributed by atoms with Gasteiger partial charge in [-0.3, -0.25) is 4.79 Å². The first-order valence-corrected chi connectivity index (χ1v) is 7.03. The third kappa shape index (κ3) is 4.88. The molecule has 0 radical (unpaired) electrons. The summed E-state index contributed by atoms with van der Waals surface area (Å²) in [5.74, 6) is -0.237. The highest BCUT2D eigenvalue weighted by molar-refractivity contribution is 6.30. The number of rotatable bonds is 7.